The molecule has 0 radical (unpaired) electrons. The Labute approximate surface area is 197 Å². The fourth-order valence-corrected chi connectivity index (χ4v) is 6.39. The van der Waals surface area contributed by atoms with E-state index < -0.39 is 10.0 Å². The molecule has 2 fully saturated rings. The first-order chi connectivity index (χ1) is 16.0. The average Bonchev–Trinajstić information content (AvgIpc) is 3.30. The van der Waals surface area contributed by atoms with Crippen molar-refractivity contribution in [2.75, 3.05) is 19.6 Å². The highest BCUT2D eigenvalue weighted by atomic mass is 32.2. The van der Waals surface area contributed by atoms with Gasteiger partial charge in [-0.15, -0.1) is 0 Å². The van der Waals surface area contributed by atoms with Crippen LogP contribution in [0, 0.1) is 5.92 Å². The van der Waals surface area contributed by atoms with Crippen LogP contribution >= 0.6 is 0 Å². The van der Waals surface area contributed by atoms with Crippen LogP contribution in [0.25, 0.3) is 11.1 Å². The third kappa shape index (κ3) is 6.36. The van der Waals surface area contributed by atoms with Crippen molar-refractivity contribution < 1.29 is 13.2 Å². The Kier molecular flexibility index (Phi) is 8.04. The molecule has 7 heteroatoms. The van der Waals surface area contributed by atoms with Gasteiger partial charge >= 0.3 is 6.03 Å². The lowest BCUT2D eigenvalue weighted by atomic mass is 9.97. The van der Waals surface area contributed by atoms with Gasteiger partial charge in [-0.05, 0) is 48.4 Å². The van der Waals surface area contributed by atoms with E-state index in [4.69, 9.17) is 0 Å². The lowest BCUT2D eigenvalue weighted by molar-refractivity contribution is 0.232. The third-order valence-corrected chi connectivity index (χ3v) is 8.72. The highest BCUT2D eigenvalue weighted by Crippen LogP contribution is 2.26. The highest BCUT2D eigenvalue weighted by Gasteiger charge is 2.32. The lowest BCUT2D eigenvalue weighted by Crippen LogP contribution is -2.44. The Morgan fingerprint density at radius 2 is 1.48 bits per heavy atom. The van der Waals surface area contributed by atoms with Gasteiger partial charge in [0.2, 0.25) is 10.0 Å². The number of carbonyl (C=O) groups is 1. The molecule has 0 aromatic heterocycles. The second-order valence-electron chi connectivity index (χ2n) is 9.30. The Hall–Kier alpha value is -2.38. The molecule has 33 heavy (non-hydrogen) atoms. The predicted octanol–water partition coefficient (Wildman–Crippen LogP) is 4.78. The summed E-state index contributed by atoms with van der Waals surface area (Å²) in [6, 6.07) is 17.1. The molecule has 6 nitrogen and oxygen atoms in total. The molecule has 2 N–H and O–H groups in total. The smallest absolute Gasteiger partial charge is 0.315 e. The van der Waals surface area contributed by atoms with Crippen molar-refractivity contribution in [3.8, 4) is 11.1 Å². The maximum atomic E-state index is 13.1. The SMILES string of the molecule is O=C(NCC1CCN(S(=O)(=O)c2ccc(-c3ccccc3)cc2)C1)NC1CCCCCCC1. The molecule has 1 saturated heterocycles. The number of amides is 2. The number of nitrogens with zero attached hydrogens (tertiary/aromatic N) is 1. The number of sulfonamides is 1. The topological polar surface area (TPSA) is 78.5 Å². The summed E-state index contributed by atoms with van der Waals surface area (Å²) >= 11 is 0. The van der Waals surface area contributed by atoms with Crippen LogP contribution in [-0.4, -0.2) is 44.4 Å². The summed E-state index contributed by atoms with van der Waals surface area (Å²) in [5.74, 6) is 0.131. The Bertz CT molecular complexity index is 1000. The second-order valence-corrected chi connectivity index (χ2v) is 11.2. The van der Waals surface area contributed by atoms with Crippen molar-refractivity contribution in [1.82, 2.24) is 14.9 Å². The van der Waals surface area contributed by atoms with Crippen LogP contribution in [-0.2, 0) is 10.0 Å². The van der Waals surface area contributed by atoms with Gasteiger partial charge in [0.15, 0.2) is 0 Å². The summed E-state index contributed by atoms with van der Waals surface area (Å²) in [6.45, 7) is 1.42. The van der Waals surface area contributed by atoms with Crippen molar-refractivity contribution in [1.29, 1.82) is 0 Å². The number of hydrogen-bond acceptors (Lipinski definition) is 3. The average molecular weight is 470 g/mol. The van der Waals surface area contributed by atoms with Crippen LogP contribution in [0.1, 0.15) is 51.4 Å². The van der Waals surface area contributed by atoms with Gasteiger partial charge in [-0.1, -0.05) is 74.6 Å². The van der Waals surface area contributed by atoms with E-state index in [1.807, 2.05) is 42.5 Å². The minimum Gasteiger partial charge on any atom is -0.338 e. The van der Waals surface area contributed by atoms with Gasteiger partial charge < -0.3 is 10.6 Å². The molecular weight excluding hydrogens is 434 g/mol. The van der Waals surface area contributed by atoms with Crippen molar-refractivity contribution in [3.05, 3.63) is 54.6 Å². The quantitative estimate of drug-likeness (QED) is 0.639. The van der Waals surface area contributed by atoms with E-state index in [9.17, 15) is 13.2 Å². The zero-order valence-electron chi connectivity index (χ0n) is 19.2. The summed E-state index contributed by atoms with van der Waals surface area (Å²) in [4.78, 5) is 12.7. The van der Waals surface area contributed by atoms with Gasteiger partial charge in [-0.2, -0.15) is 4.31 Å². The molecule has 0 bridgehead atoms. The maximum absolute atomic E-state index is 13.1. The number of urea groups is 1. The third-order valence-electron chi connectivity index (χ3n) is 6.84. The molecule has 0 spiro atoms. The molecule has 1 atom stereocenters. The minimum absolute atomic E-state index is 0.126. The van der Waals surface area contributed by atoms with Gasteiger partial charge in [-0.3, -0.25) is 0 Å². The van der Waals surface area contributed by atoms with Crippen LogP contribution in [0.3, 0.4) is 0 Å². The van der Waals surface area contributed by atoms with Crippen LogP contribution in [0.4, 0.5) is 4.79 Å². The summed E-state index contributed by atoms with van der Waals surface area (Å²) in [7, 11) is -3.53. The van der Waals surface area contributed by atoms with E-state index in [0.717, 1.165) is 30.4 Å². The van der Waals surface area contributed by atoms with E-state index in [1.165, 1.54) is 32.1 Å². The predicted molar refractivity (Wildman–Crippen MR) is 131 cm³/mol. The van der Waals surface area contributed by atoms with Crippen LogP contribution < -0.4 is 10.6 Å². The van der Waals surface area contributed by atoms with Crippen LogP contribution in [0.15, 0.2) is 59.5 Å². The fourth-order valence-electron chi connectivity index (χ4n) is 4.86. The number of rotatable bonds is 6. The van der Waals surface area contributed by atoms with E-state index in [2.05, 4.69) is 10.6 Å². The Balaban J connectivity index is 1.27. The number of carbonyl (C=O) groups excluding carboxylic acids is 1. The summed E-state index contributed by atoms with van der Waals surface area (Å²) in [5.41, 5.74) is 2.06. The molecule has 1 unspecified atom stereocenters. The first-order valence-electron chi connectivity index (χ1n) is 12.2. The number of benzene rings is 2. The van der Waals surface area contributed by atoms with Gasteiger partial charge in [0.1, 0.15) is 0 Å². The molecule has 2 amide bonds. The van der Waals surface area contributed by atoms with Crippen molar-refractivity contribution >= 4 is 16.1 Å². The molecule has 178 valence electrons. The molecule has 2 aromatic carbocycles. The second kappa shape index (κ2) is 11.2. The summed E-state index contributed by atoms with van der Waals surface area (Å²) in [5, 5.41) is 6.09. The molecule has 1 aliphatic heterocycles. The molecule has 1 heterocycles. The Morgan fingerprint density at radius 3 is 2.18 bits per heavy atom. The lowest BCUT2D eigenvalue weighted by Gasteiger charge is -2.22. The van der Waals surface area contributed by atoms with Crippen molar-refractivity contribution in [3.63, 3.8) is 0 Å². The molecule has 4 rings (SSSR count). The zero-order valence-corrected chi connectivity index (χ0v) is 20.0. The molecule has 2 aliphatic rings. The first kappa shape index (κ1) is 23.8. The van der Waals surface area contributed by atoms with Crippen molar-refractivity contribution in [2.45, 2.75) is 62.3 Å². The van der Waals surface area contributed by atoms with Gasteiger partial charge in [0, 0.05) is 25.7 Å². The van der Waals surface area contributed by atoms with E-state index in [-0.39, 0.29) is 18.0 Å². The van der Waals surface area contributed by atoms with Crippen molar-refractivity contribution in [2.24, 2.45) is 5.92 Å². The molecule has 1 saturated carbocycles. The largest absolute Gasteiger partial charge is 0.338 e. The van der Waals surface area contributed by atoms with Gasteiger partial charge in [0.25, 0.3) is 0 Å². The normalized spacial score (nSPS) is 20.7. The highest BCUT2D eigenvalue weighted by molar-refractivity contribution is 7.89. The summed E-state index contributed by atoms with van der Waals surface area (Å²) < 4.78 is 27.8. The minimum atomic E-state index is -3.53. The summed E-state index contributed by atoms with van der Waals surface area (Å²) in [6.07, 6.45) is 9.00. The zero-order chi connectivity index (χ0) is 23.1. The Morgan fingerprint density at radius 1 is 0.848 bits per heavy atom. The van der Waals surface area contributed by atoms with Gasteiger partial charge in [-0.25, -0.2) is 13.2 Å². The molecule has 2 aromatic rings. The van der Waals surface area contributed by atoms with Gasteiger partial charge in [0.05, 0.1) is 4.90 Å². The molecule has 1 aliphatic carbocycles. The number of hydrogen-bond donors (Lipinski definition) is 2. The standard InChI is InChI=1S/C26H35N3O3S/c30-26(28-24-11-7-2-1-3-8-12-24)27-19-21-17-18-29(20-21)33(31,32)25-15-13-23(14-16-25)22-9-5-4-6-10-22/h4-6,9-10,13-16,21,24H,1-3,7-8,11-12,17-20H2,(H2,27,28,30). The first-order valence-corrected chi connectivity index (χ1v) is 13.7. The van der Waals surface area contributed by atoms with E-state index in [1.54, 1.807) is 16.4 Å². The van der Waals surface area contributed by atoms with Crippen LogP contribution in [0.5, 0.6) is 0 Å². The fraction of sp³-hybridized carbons (Fsp3) is 0.500. The maximum Gasteiger partial charge on any atom is 0.315 e. The molecular formula is C26H35N3O3S. The number of nitrogens with one attached hydrogen (secondary N) is 2. The van der Waals surface area contributed by atoms with E-state index in [0.29, 0.717) is 24.5 Å². The monoisotopic (exact) mass is 469 g/mol. The van der Waals surface area contributed by atoms with Crippen LogP contribution in [0.2, 0.25) is 0 Å². The van der Waals surface area contributed by atoms with E-state index >= 15 is 0 Å².